The molecule has 8 aromatic rings. The Morgan fingerprint density at radius 2 is 0.767 bits per heavy atom. The van der Waals surface area contributed by atoms with E-state index in [9.17, 15) is 0 Å². The fourth-order valence-electron chi connectivity index (χ4n) is 10.8. The van der Waals surface area contributed by atoms with Crippen LogP contribution < -0.4 is 9.80 Å². The summed E-state index contributed by atoms with van der Waals surface area (Å²) in [7, 11) is 0. The Morgan fingerprint density at radius 3 is 1.33 bits per heavy atom. The lowest BCUT2D eigenvalue weighted by atomic mass is 9.73. The number of rotatable bonds is 5. The molecule has 0 fully saturated rings. The second-order valence-electron chi connectivity index (χ2n) is 18.7. The minimum absolute atomic E-state index is 0.120. The first-order valence-electron chi connectivity index (χ1n) is 21.4. The maximum Gasteiger partial charge on any atom is 0.0504 e. The fraction of sp³-hybridized carbons (Fsp3) is 0.172. The van der Waals surface area contributed by atoms with Gasteiger partial charge in [0, 0.05) is 39.0 Å². The molecule has 1 heterocycles. The highest BCUT2D eigenvalue weighted by molar-refractivity contribution is 5.92. The Balaban J connectivity index is 1.11. The van der Waals surface area contributed by atoms with E-state index in [2.05, 4.69) is 234 Å². The van der Waals surface area contributed by atoms with Crippen molar-refractivity contribution >= 4 is 34.1 Å². The van der Waals surface area contributed by atoms with Crippen LogP contribution in [-0.2, 0) is 16.2 Å². The first kappa shape index (κ1) is 36.4. The molecule has 8 aromatic carbocycles. The Hall–Kier alpha value is -6.64. The van der Waals surface area contributed by atoms with E-state index >= 15 is 0 Å². The summed E-state index contributed by atoms with van der Waals surface area (Å²) in [6.07, 6.45) is 0. The minimum Gasteiger partial charge on any atom is -0.310 e. The van der Waals surface area contributed by atoms with E-state index in [0.717, 1.165) is 11.4 Å². The number of aryl methyl sites for hydroxylation is 1. The van der Waals surface area contributed by atoms with Gasteiger partial charge in [-0.05, 0) is 134 Å². The van der Waals surface area contributed by atoms with E-state index in [1.165, 1.54) is 95.1 Å². The van der Waals surface area contributed by atoms with Gasteiger partial charge < -0.3 is 9.80 Å². The summed E-state index contributed by atoms with van der Waals surface area (Å²) < 4.78 is 0. The molecule has 0 aromatic heterocycles. The Bertz CT molecular complexity index is 2910. The van der Waals surface area contributed by atoms with Crippen molar-refractivity contribution in [3.8, 4) is 33.4 Å². The van der Waals surface area contributed by atoms with Gasteiger partial charge in [0.25, 0.3) is 0 Å². The van der Waals surface area contributed by atoms with Gasteiger partial charge in [0.1, 0.15) is 0 Å². The maximum absolute atomic E-state index is 2.51. The predicted octanol–water partition coefficient (Wildman–Crippen LogP) is 15.9. The number of hydrogen-bond acceptors (Lipinski definition) is 2. The summed E-state index contributed by atoms with van der Waals surface area (Å²) in [6.45, 7) is 16.5. The van der Waals surface area contributed by atoms with Crippen LogP contribution >= 0.6 is 0 Å². The first-order valence-corrected chi connectivity index (χ1v) is 21.4. The molecule has 0 saturated heterocycles. The molecule has 0 atom stereocenters. The Morgan fingerprint density at radius 1 is 0.350 bits per heavy atom. The summed E-state index contributed by atoms with van der Waals surface area (Å²) in [5, 5.41) is 0. The number of anilines is 6. The van der Waals surface area contributed by atoms with Crippen LogP contribution in [-0.4, -0.2) is 0 Å². The highest BCUT2D eigenvalue weighted by atomic mass is 15.2. The lowest BCUT2D eigenvalue weighted by Gasteiger charge is -2.43. The van der Waals surface area contributed by atoms with Gasteiger partial charge in [-0.2, -0.15) is 0 Å². The maximum atomic E-state index is 2.51. The van der Waals surface area contributed by atoms with Gasteiger partial charge in [0.05, 0.1) is 11.4 Å². The van der Waals surface area contributed by atoms with Crippen molar-refractivity contribution in [2.24, 2.45) is 0 Å². The van der Waals surface area contributed by atoms with Crippen LogP contribution in [0.1, 0.15) is 80.5 Å². The van der Waals surface area contributed by atoms with Crippen LogP contribution in [0.15, 0.2) is 176 Å². The van der Waals surface area contributed by atoms with Gasteiger partial charge in [0.2, 0.25) is 0 Å². The zero-order valence-electron chi connectivity index (χ0n) is 35.6. The van der Waals surface area contributed by atoms with E-state index in [0.29, 0.717) is 0 Å². The van der Waals surface area contributed by atoms with E-state index < -0.39 is 0 Å². The molecule has 0 amide bonds. The lowest BCUT2D eigenvalue weighted by Crippen LogP contribution is -2.31. The zero-order chi connectivity index (χ0) is 41.1. The molecule has 2 aliphatic carbocycles. The van der Waals surface area contributed by atoms with Gasteiger partial charge in [-0.25, -0.2) is 0 Å². The van der Waals surface area contributed by atoms with Crippen LogP contribution in [0.25, 0.3) is 33.4 Å². The second kappa shape index (κ2) is 12.9. The summed E-state index contributed by atoms with van der Waals surface area (Å²) in [6, 6.07) is 66.1. The number of nitrogens with zero attached hydrogens (tertiary/aromatic N) is 2. The van der Waals surface area contributed by atoms with Gasteiger partial charge in [-0.15, -0.1) is 0 Å². The van der Waals surface area contributed by atoms with Crippen molar-refractivity contribution < 1.29 is 0 Å². The highest BCUT2D eigenvalue weighted by Gasteiger charge is 2.40. The zero-order valence-corrected chi connectivity index (χ0v) is 35.6. The van der Waals surface area contributed by atoms with Crippen molar-refractivity contribution in [2.45, 2.75) is 64.7 Å². The fourth-order valence-corrected chi connectivity index (χ4v) is 10.8. The molecule has 0 bridgehead atoms. The van der Waals surface area contributed by atoms with E-state index in [-0.39, 0.29) is 16.2 Å². The third kappa shape index (κ3) is 5.26. The van der Waals surface area contributed by atoms with Crippen LogP contribution in [0.3, 0.4) is 0 Å². The molecule has 1 aliphatic heterocycles. The molecule has 2 heteroatoms. The largest absolute Gasteiger partial charge is 0.310 e. The molecule has 3 aliphatic rings. The Kier molecular flexibility index (Phi) is 7.85. The van der Waals surface area contributed by atoms with E-state index in [4.69, 9.17) is 0 Å². The quantitative estimate of drug-likeness (QED) is 0.172. The van der Waals surface area contributed by atoms with Crippen molar-refractivity contribution in [2.75, 3.05) is 9.80 Å². The van der Waals surface area contributed by atoms with Crippen LogP contribution in [0.5, 0.6) is 0 Å². The van der Waals surface area contributed by atoms with Crippen molar-refractivity contribution in [1.29, 1.82) is 0 Å². The summed E-state index contributed by atoms with van der Waals surface area (Å²) >= 11 is 0. The molecule has 2 nitrogen and oxygen atoms in total. The normalized spacial score (nSPS) is 15.6. The van der Waals surface area contributed by atoms with Gasteiger partial charge >= 0.3 is 0 Å². The lowest BCUT2D eigenvalue weighted by molar-refractivity contribution is 0.631. The standard InChI is InChI=1S/C58H50N2/c1-37-21-31-54-52(33-37)58(6,7)53-36-43(28-32-55(53)60(54)40-24-22-39(23-25-40)38-15-9-8-10-16-38)59(41-26-29-46-44-17-11-13-19-48(44)56(2,3)50(46)34-41)42-27-30-47-45-18-12-14-20-49(45)57(4,5)51(47)35-42/h8-36H,1-7H3. The van der Waals surface area contributed by atoms with E-state index in [1.54, 1.807) is 0 Å². The number of hydrogen-bond donors (Lipinski definition) is 0. The van der Waals surface area contributed by atoms with Gasteiger partial charge in [0.15, 0.2) is 0 Å². The monoisotopic (exact) mass is 774 g/mol. The first-order chi connectivity index (χ1) is 28.9. The summed E-state index contributed by atoms with van der Waals surface area (Å²) in [5.74, 6) is 0. The predicted molar refractivity (Wildman–Crippen MR) is 253 cm³/mol. The Labute approximate surface area is 355 Å². The van der Waals surface area contributed by atoms with Crippen molar-refractivity contribution in [1.82, 2.24) is 0 Å². The third-order valence-corrected chi connectivity index (χ3v) is 14.1. The number of fused-ring (bicyclic) bond motifs is 8. The van der Waals surface area contributed by atoms with Crippen molar-refractivity contribution in [3.63, 3.8) is 0 Å². The van der Waals surface area contributed by atoms with Gasteiger partial charge in [-0.1, -0.05) is 162 Å². The molecule has 11 rings (SSSR count). The van der Waals surface area contributed by atoms with Gasteiger partial charge in [-0.3, -0.25) is 0 Å². The molecular weight excluding hydrogens is 725 g/mol. The van der Waals surface area contributed by atoms with Crippen LogP contribution in [0, 0.1) is 6.92 Å². The topological polar surface area (TPSA) is 6.48 Å². The van der Waals surface area contributed by atoms with Crippen molar-refractivity contribution in [3.05, 3.63) is 215 Å². The molecular formula is C58H50N2. The highest BCUT2D eigenvalue weighted by Crippen LogP contribution is 2.56. The third-order valence-electron chi connectivity index (χ3n) is 14.1. The molecule has 292 valence electrons. The minimum atomic E-state index is -0.262. The summed E-state index contributed by atoms with van der Waals surface area (Å²) in [5.41, 5.74) is 23.8. The smallest absolute Gasteiger partial charge is 0.0504 e. The molecule has 0 saturated carbocycles. The molecule has 60 heavy (non-hydrogen) atoms. The molecule has 0 spiro atoms. The molecule has 0 radical (unpaired) electrons. The SMILES string of the molecule is Cc1ccc2c(c1)C(C)(C)c1cc(N(c3ccc4c(c3)C(C)(C)c3ccccc3-4)c3ccc4c(c3)C(C)(C)c3ccccc3-4)ccc1N2c1ccc(-c2ccccc2)cc1. The van der Waals surface area contributed by atoms with E-state index in [1.807, 2.05) is 0 Å². The van der Waals surface area contributed by atoms with Crippen LogP contribution in [0.2, 0.25) is 0 Å². The summed E-state index contributed by atoms with van der Waals surface area (Å²) in [4.78, 5) is 4.99. The average molecular weight is 775 g/mol. The number of benzene rings is 8. The molecule has 0 unspecified atom stereocenters. The van der Waals surface area contributed by atoms with Crippen LogP contribution in [0.4, 0.5) is 34.1 Å². The average Bonchev–Trinajstić information content (AvgIpc) is 3.64. The molecule has 0 N–H and O–H groups in total. The second-order valence-corrected chi connectivity index (χ2v) is 18.7.